The molecule has 0 aliphatic rings. The Balaban J connectivity index is 2.71. The lowest BCUT2D eigenvalue weighted by molar-refractivity contribution is -0.126. The molecule has 0 radical (unpaired) electrons. The molecule has 0 unspecified atom stereocenters. The van der Waals surface area contributed by atoms with Crippen molar-refractivity contribution in [3.05, 3.63) is 21.9 Å². The molecular formula is C12H17N3O5S. The Bertz CT molecular complexity index is 549. The van der Waals surface area contributed by atoms with Crippen molar-refractivity contribution in [2.45, 2.75) is 32.9 Å². The molecule has 0 aliphatic carbocycles. The van der Waals surface area contributed by atoms with Crippen molar-refractivity contribution in [3.63, 3.8) is 0 Å². The zero-order valence-electron chi connectivity index (χ0n) is 11.9. The van der Waals surface area contributed by atoms with Gasteiger partial charge < -0.3 is 15.6 Å². The second-order valence-electron chi connectivity index (χ2n) is 5.09. The Hall–Kier alpha value is -2.29. The summed E-state index contributed by atoms with van der Waals surface area (Å²) in [6, 6.07) is 1.56. The number of carboxylic acid groups (broad SMARTS) is 1. The van der Waals surface area contributed by atoms with Crippen LogP contribution in [0.15, 0.2) is 11.4 Å². The minimum absolute atomic E-state index is 0.118. The summed E-state index contributed by atoms with van der Waals surface area (Å²) in [4.78, 5) is 27.8. The van der Waals surface area contributed by atoms with Crippen molar-refractivity contribution >= 4 is 29.4 Å². The number of rotatable bonds is 3. The first-order valence-corrected chi connectivity index (χ1v) is 6.79. The molecule has 9 heteroatoms. The van der Waals surface area contributed by atoms with Crippen LogP contribution in [0.4, 0.5) is 9.59 Å². The van der Waals surface area contributed by atoms with Gasteiger partial charge in [-0.2, -0.15) is 0 Å². The number of nitrogens with one attached hydrogen (secondary N) is 1. The van der Waals surface area contributed by atoms with E-state index in [4.69, 9.17) is 21.0 Å². The third kappa shape index (κ3) is 5.69. The van der Waals surface area contributed by atoms with Gasteiger partial charge >= 0.3 is 12.2 Å². The van der Waals surface area contributed by atoms with Gasteiger partial charge in [-0.15, -0.1) is 16.4 Å². The van der Waals surface area contributed by atoms with E-state index in [1.165, 1.54) is 11.3 Å². The Morgan fingerprint density at radius 2 is 2.10 bits per heavy atom. The summed E-state index contributed by atoms with van der Waals surface area (Å²) in [5, 5.41) is 18.4. The van der Waals surface area contributed by atoms with E-state index in [1.54, 1.807) is 32.2 Å². The summed E-state index contributed by atoms with van der Waals surface area (Å²) < 4.78 is 4.88. The number of carbonyl (C=O) groups is 2. The fraction of sp³-hybridized carbons (Fsp3) is 0.417. The number of nitrogens with zero attached hydrogens (tertiary/aromatic N) is 1. The molecule has 0 aliphatic heterocycles. The predicted octanol–water partition coefficient (Wildman–Crippen LogP) is 2.38. The lowest BCUT2D eigenvalue weighted by atomic mass is 10.2. The summed E-state index contributed by atoms with van der Waals surface area (Å²) in [5.41, 5.74) is 5.02. The molecule has 1 aromatic heterocycles. The Kier molecular flexibility index (Phi) is 5.14. The first kappa shape index (κ1) is 16.8. The molecule has 0 aromatic carbocycles. The van der Waals surface area contributed by atoms with Gasteiger partial charge in [-0.3, -0.25) is 10.2 Å². The van der Waals surface area contributed by atoms with Gasteiger partial charge in [-0.25, -0.2) is 9.59 Å². The fourth-order valence-corrected chi connectivity index (χ4v) is 2.10. The lowest BCUT2D eigenvalue weighted by Gasteiger charge is -2.22. The Labute approximate surface area is 125 Å². The highest BCUT2D eigenvalue weighted by atomic mass is 32.1. The topological polar surface area (TPSA) is 126 Å². The standard InChI is InChI=1S/C12H17N3O5S/c1-12(2,3)19-11(18)20-15(10(16)17)5-8-4-7(6-21-8)9(13)14/h4,6H,5H2,1-3H3,(H3,13,14)(H,16,17). The molecule has 0 bridgehead atoms. The number of hydrogen-bond acceptors (Lipinski definition) is 6. The zero-order chi connectivity index (χ0) is 16.2. The number of hydrogen-bond donors (Lipinski definition) is 3. The first-order chi connectivity index (χ1) is 9.58. The average Bonchev–Trinajstić information content (AvgIpc) is 2.74. The summed E-state index contributed by atoms with van der Waals surface area (Å²) in [5.74, 6) is -0.118. The van der Waals surface area contributed by atoms with Gasteiger partial charge in [0.2, 0.25) is 0 Å². The Morgan fingerprint density at radius 1 is 1.48 bits per heavy atom. The van der Waals surface area contributed by atoms with Crippen LogP contribution < -0.4 is 5.73 Å². The molecule has 1 rings (SSSR count). The molecule has 0 saturated heterocycles. The average molecular weight is 315 g/mol. The molecule has 0 saturated carbocycles. The van der Waals surface area contributed by atoms with Crippen LogP contribution >= 0.6 is 11.3 Å². The Morgan fingerprint density at radius 3 is 2.52 bits per heavy atom. The van der Waals surface area contributed by atoms with E-state index < -0.39 is 17.8 Å². The minimum atomic E-state index is -1.43. The van der Waals surface area contributed by atoms with Gasteiger partial charge in [0.1, 0.15) is 11.4 Å². The number of carbonyl (C=O) groups excluding carboxylic acids is 1. The number of amides is 1. The van der Waals surface area contributed by atoms with Crippen LogP contribution in [0.5, 0.6) is 0 Å². The monoisotopic (exact) mass is 315 g/mol. The maximum absolute atomic E-state index is 11.5. The number of thiophene rings is 1. The van der Waals surface area contributed by atoms with Crippen molar-refractivity contribution in [3.8, 4) is 0 Å². The van der Waals surface area contributed by atoms with Crippen molar-refractivity contribution < 1.29 is 24.3 Å². The van der Waals surface area contributed by atoms with E-state index >= 15 is 0 Å². The maximum Gasteiger partial charge on any atom is 0.534 e. The van der Waals surface area contributed by atoms with Crippen molar-refractivity contribution in [2.75, 3.05) is 0 Å². The fourth-order valence-electron chi connectivity index (χ4n) is 1.24. The van der Waals surface area contributed by atoms with Gasteiger partial charge in [0.15, 0.2) is 0 Å². The highest BCUT2D eigenvalue weighted by Gasteiger charge is 2.24. The van der Waals surface area contributed by atoms with Gasteiger partial charge in [0, 0.05) is 15.8 Å². The van der Waals surface area contributed by atoms with E-state index in [2.05, 4.69) is 4.84 Å². The van der Waals surface area contributed by atoms with Crippen LogP contribution in [-0.4, -0.2) is 33.9 Å². The number of ether oxygens (including phenoxy) is 1. The molecular weight excluding hydrogens is 298 g/mol. The SMILES string of the molecule is CC(C)(C)OC(=O)ON(Cc1cc(C(=N)N)cs1)C(=O)O. The van der Waals surface area contributed by atoms with E-state index in [9.17, 15) is 9.59 Å². The summed E-state index contributed by atoms with van der Waals surface area (Å²) in [7, 11) is 0. The van der Waals surface area contributed by atoms with E-state index in [1.807, 2.05) is 0 Å². The van der Waals surface area contributed by atoms with Crippen molar-refractivity contribution in [1.29, 1.82) is 5.41 Å². The lowest BCUT2D eigenvalue weighted by Crippen LogP contribution is -2.34. The van der Waals surface area contributed by atoms with Crippen LogP contribution in [-0.2, 0) is 16.1 Å². The number of nitrogen functional groups attached to an aromatic ring is 1. The van der Waals surface area contributed by atoms with Crippen LogP contribution in [0.3, 0.4) is 0 Å². The first-order valence-electron chi connectivity index (χ1n) is 5.91. The second kappa shape index (κ2) is 6.44. The molecule has 1 aromatic rings. The van der Waals surface area contributed by atoms with E-state index in [0.29, 0.717) is 15.5 Å². The van der Waals surface area contributed by atoms with Crippen molar-refractivity contribution in [1.82, 2.24) is 5.06 Å². The highest BCUT2D eigenvalue weighted by Crippen LogP contribution is 2.18. The molecule has 1 amide bonds. The van der Waals surface area contributed by atoms with Crippen LogP contribution in [0, 0.1) is 5.41 Å². The second-order valence-corrected chi connectivity index (χ2v) is 6.09. The molecule has 8 nitrogen and oxygen atoms in total. The van der Waals surface area contributed by atoms with Crippen LogP contribution in [0.1, 0.15) is 31.2 Å². The third-order valence-electron chi connectivity index (χ3n) is 2.05. The zero-order valence-corrected chi connectivity index (χ0v) is 12.7. The van der Waals surface area contributed by atoms with Gasteiger partial charge in [-0.05, 0) is 26.8 Å². The molecule has 21 heavy (non-hydrogen) atoms. The number of amidine groups is 1. The number of nitrogens with two attached hydrogens (primary N) is 1. The van der Waals surface area contributed by atoms with Crippen LogP contribution in [0.25, 0.3) is 0 Å². The quantitative estimate of drug-likeness (QED) is 0.340. The largest absolute Gasteiger partial charge is 0.534 e. The summed E-state index contributed by atoms with van der Waals surface area (Å²) >= 11 is 1.21. The normalized spacial score (nSPS) is 10.8. The molecule has 116 valence electrons. The molecule has 4 N–H and O–H groups in total. The minimum Gasteiger partial charge on any atom is -0.463 e. The van der Waals surface area contributed by atoms with Gasteiger partial charge in [-0.1, -0.05) is 0 Å². The maximum atomic E-state index is 11.5. The van der Waals surface area contributed by atoms with Crippen LogP contribution in [0.2, 0.25) is 0 Å². The van der Waals surface area contributed by atoms with Gasteiger partial charge in [0.25, 0.3) is 0 Å². The highest BCUT2D eigenvalue weighted by molar-refractivity contribution is 7.10. The summed E-state index contributed by atoms with van der Waals surface area (Å²) in [6.07, 6.45) is -2.54. The molecule has 0 fully saturated rings. The smallest absolute Gasteiger partial charge is 0.463 e. The van der Waals surface area contributed by atoms with Crippen molar-refractivity contribution in [2.24, 2.45) is 5.73 Å². The third-order valence-corrected chi connectivity index (χ3v) is 2.97. The predicted molar refractivity (Wildman–Crippen MR) is 76.2 cm³/mol. The van der Waals surface area contributed by atoms with E-state index in [0.717, 1.165) is 0 Å². The molecule has 0 atom stereocenters. The van der Waals surface area contributed by atoms with Gasteiger partial charge in [0.05, 0.1) is 6.54 Å². The number of hydroxylamine groups is 2. The van der Waals surface area contributed by atoms with E-state index in [-0.39, 0.29) is 12.4 Å². The molecule has 1 heterocycles. The molecule has 0 spiro atoms. The summed E-state index contributed by atoms with van der Waals surface area (Å²) in [6.45, 7) is 4.74.